The van der Waals surface area contributed by atoms with Gasteiger partial charge in [-0.1, -0.05) is 59.6 Å². The Morgan fingerprint density at radius 3 is 2.54 bits per heavy atom. The average molecular weight is 570 g/mol. The number of hydrogen-bond donors (Lipinski definition) is 1. The molecule has 1 atom stereocenters. The van der Waals surface area contributed by atoms with Gasteiger partial charge in [-0.25, -0.2) is 9.18 Å². The molecule has 3 aromatic carbocycles. The molecular weight excluding hydrogens is 540 g/mol. The van der Waals surface area contributed by atoms with Crippen LogP contribution >= 0.6 is 23.2 Å². The maximum Gasteiger partial charge on any atom is 0.412 e. The fourth-order valence-corrected chi connectivity index (χ4v) is 5.86. The number of carbonyl (C=O) groups excluding carboxylic acids is 2. The van der Waals surface area contributed by atoms with E-state index in [9.17, 15) is 14.0 Å². The van der Waals surface area contributed by atoms with Gasteiger partial charge in [-0.15, -0.1) is 0 Å². The average Bonchev–Trinajstić information content (AvgIpc) is 2.92. The normalized spacial score (nSPS) is 17.2. The van der Waals surface area contributed by atoms with Crippen LogP contribution in [0.2, 0.25) is 10.0 Å². The van der Waals surface area contributed by atoms with E-state index in [4.69, 9.17) is 27.9 Å². The number of rotatable bonds is 7. The molecule has 1 unspecified atom stereocenters. The van der Waals surface area contributed by atoms with Gasteiger partial charge in [-0.3, -0.25) is 10.1 Å². The molecule has 1 spiro atoms. The Hall–Kier alpha value is -3.13. The van der Waals surface area contributed by atoms with E-state index in [1.54, 1.807) is 23.1 Å². The van der Waals surface area contributed by atoms with Crippen molar-refractivity contribution in [3.8, 4) is 0 Å². The monoisotopic (exact) mass is 569 g/mol. The maximum atomic E-state index is 14.1. The summed E-state index contributed by atoms with van der Waals surface area (Å²) < 4.78 is 19.8. The predicted octanol–water partition coefficient (Wildman–Crippen LogP) is 6.82. The number of ether oxygens (including phenoxy) is 1. The van der Waals surface area contributed by atoms with Crippen LogP contribution in [0.5, 0.6) is 0 Å². The fourth-order valence-electron chi connectivity index (χ4n) is 5.55. The lowest BCUT2D eigenvalue weighted by Crippen LogP contribution is -2.48. The number of amides is 2. The zero-order valence-corrected chi connectivity index (χ0v) is 23.1. The number of nitrogens with zero attached hydrogens (tertiary/aromatic N) is 2. The minimum Gasteiger partial charge on any atom is -0.438 e. The smallest absolute Gasteiger partial charge is 0.412 e. The van der Waals surface area contributed by atoms with Crippen LogP contribution < -0.4 is 5.32 Å². The molecule has 204 valence electrons. The first-order chi connectivity index (χ1) is 18.7. The van der Waals surface area contributed by atoms with Crippen LogP contribution in [0.3, 0.4) is 0 Å². The number of halogens is 3. The van der Waals surface area contributed by atoms with Crippen LogP contribution in [-0.4, -0.2) is 48.5 Å². The zero-order chi connectivity index (χ0) is 27.6. The number of carbonyl (C=O) groups is 2. The number of likely N-dealkylation sites (N-methyl/N-ethyl adjacent to an activating group) is 1. The van der Waals surface area contributed by atoms with Crippen LogP contribution in [0.4, 0.5) is 14.9 Å². The van der Waals surface area contributed by atoms with Crippen molar-refractivity contribution in [3.63, 3.8) is 0 Å². The van der Waals surface area contributed by atoms with E-state index in [0.717, 1.165) is 11.1 Å². The Kier molecular flexibility index (Phi) is 8.12. The van der Waals surface area contributed by atoms with Crippen molar-refractivity contribution in [2.45, 2.75) is 37.3 Å². The lowest BCUT2D eigenvalue weighted by atomic mass is 9.82. The van der Waals surface area contributed by atoms with Gasteiger partial charge in [0.1, 0.15) is 11.4 Å². The molecule has 0 aromatic heterocycles. The highest BCUT2D eigenvalue weighted by Crippen LogP contribution is 2.44. The lowest BCUT2D eigenvalue weighted by Gasteiger charge is -2.44. The van der Waals surface area contributed by atoms with Gasteiger partial charge in [0.15, 0.2) is 0 Å². The number of benzene rings is 3. The molecule has 5 rings (SSSR count). The first kappa shape index (κ1) is 27.4. The second-order valence-electron chi connectivity index (χ2n) is 10.2. The van der Waals surface area contributed by atoms with Crippen LogP contribution in [0, 0.1) is 5.82 Å². The Balaban J connectivity index is 1.29. The Morgan fingerprint density at radius 1 is 1.08 bits per heavy atom. The molecule has 2 heterocycles. The number of piperidine rings is 1. The zero-order valence-electron chi connectivity index (χ0n) is 21.6. The summed E-state index contributed by atoms with van der Waals surface area (Å²) in [5.41, 5.74) is 2.28. The van der Waals surface area contributed by atoms with Gasteiger partial charge < -0.3 is 14.5 Å². The summed E-state index contributed by atoms with van der Waals surface area (Å²) in [4.78, 5) is 30.0. The van der Waals surface area contributed by atoms with Crippen molar-refractivity contribution in [3.05, 3.63) is 99.3 Å². The van der Waals surface area contributed by atoms with Crippen LogP contribution in [0.15, 0.2) is 66.7 Å². The summed E-state index contributed by atoms with van der Waals surface area (Å²) in [5, 5.41) is 3.53. The number of anilines is 1. The minimum atomic E-state index is -0.856. The molecule has 1 N–H and O–H groups in total. The number of fused-ring (bicyclic) bond motifs is 2. The molecule has 9 heteroatoms. The molecule has 6 nitrogen and oxygen atoms in total. The van der Waals surface area contributed by atoms with Crippen LogP contribution in [0.1, 0.15) is 41.9 Å². The highest BCUT2D eigenvalue weighted by Gasteiger charge is 2.44. The Labute approximate surface area is 237 Å². The number of likely N-dealkylation sites (tertiary alicyclic amines) is 1. The van der Waals surface area contributed by atoms with Gasteiger partial charge in [-0.2, -0.15) is 0 Å². The Morgan fingerprint density at radius 2 is 1.82 bits per heavy atom. The molecule has 0 aliphatic carbocycles. The first-order valence-electron chi connectivity index (χ1n) is 13.0. The van der Waals surface area contributed by atoms with Crippen LogP contribution in [-0.2, 0) is 21.7 Å². The van der Waals surface area contributed by atoms with Gasteiger partial charge in [0.2, 0.25) is 5.91 Å². The molecule has 1 fully saturated rings. The third-order valence-corrected chi connectivity index (χ3v) is 8.42. The largest absolute Gasteiger partial charge is 0.438 e. The topological polar surface area (TPSA) is 61.9 Å². The van der Waals surface area contributed by atoms with Crippen molar-refractivity contribution in [2.24, 2.45) is 0 Å². The van der Waals surface area contributed by atoms with Gasteiger partial charge in [-0.05, 0) is 54.4 Å². The molecule has 2 aliphatic heterocycles. The maximum absolute atomic E-state index is 14.1. The van der Waals surface area contributed by atoms with E-state index in [1.807, 2.05) is 43.4 Å². The molecule has 39 heavy (non-hydrogen) atoms. The van der Waals surface area contributed by atoms with E-state index in [0.29, 0.717) is 66.7 Å². The SMILES string of the molecule is CN(Cc1ccccc1)C(=O)C(CCN1CCC2(CC1)OC(=O)Nc1ccc(F)cc12)c1ccc(Cl)c(Cl)c1. The third-order valence-electron chi connectivity index (χ3n) is 7.68. The molecule has 0 radical (unpaired) electrons. The quantitative estimate of drug-likeness (QED) is 0.339. The van der Waals surface area contributed by atoms with E-state index in [1.165, 1.54) is 12.1 Å². The van der Waals surface area contributed by atoms with Gasteiger partial charge >= 0.3 is 6.09 Å². The van der Waals surface area contributed by atoms with E-state index < -0.39 is 17.6 Å². The van der Waals surface area contributed by atoms with E-state index in [2.05, 4.69) is 10.2 Å². The summed E-state index contributed by atoms with van der Waals surface area (Å²) in [5.74, 6) is -0.767. The van der Waals surface area contributed by atoms with Crippen molar-refractivity contribution in [1.82, 2.24) is 9.80 Å². The van der Waals surface area contributed by atoms with E-state index >= 15 is 0 Å². The summed E-state index contributed by atoms with van der Waals surface area (Å²) in [6.07, 6.45) is 1.14. The van der Waals surface area contributed by atoms with Crippen molar-refractivity contribution in [1.29, 1.82) is 0 Å². The molecule has 2 amide bonds. The van der Waals surface area contributed by atoms with E-state index in [-0.39, 0.29) is 11.7 Å². The molecule has 3 aromatic rings. The Bertz CT molecular complexity index is 1360. The lowest BCUT2D eigenvalue weighted by molar-refractivity contribution is -0.132. The molecule has 0 bridgehead atoms. The van der Waals surface area contributed by atoms with Crippen LogP contribution in [0.25, 0.3) is 0 Å². The highest BCUT2D eigenvalue weighted by molar-refractivity contribution is 6.42. The second kappa shape index (κ2) is 11.5. The summed E-state index contributed by atoms with van der Waals surface area (Å²) in [6, 6.07) is 19.6. The summed E-state index contributed by atoms with van der Waals surface area (Å²) in [6.45, 7) is 2.45. The number of hydrogen-bond acceptors (Lipinski definition) is 4. The van der Waals surface area contributed by atoms with Crippen molar-refractivity contribution in [2.75, 3.05) is 32.0 Å². The second-order valence-corrected chi connectivity index (χ2v) is 11.0. The van der Waals surface area contributed by atoms with Gasteiger partial charge in [0, 0.05) is 45.1 Å². The highest BCUT2D eigenvalue weighted by atomic mass is 35.5. The van der Waals surface area contributed by atoms with Crippen molar-refractivity contribution >= 4 is 40.9 Å². The number of nitrogens with one attached hydrogen (secondary N) is 1. The standard InChI is InChI=1S/C30H30Cl2FN3O3/c1-35(19-20-5-3-2-4-6-20)28(37)23(21-7-9-25(31)26(32)17-21)11-14-36-15-12-30(13-16-36)24-18-22(33)8-10-27(24)34-29(38)39-30/h2-10,17-18,23H,11-16,19H2,1H3,(H,34,38). The van der Waals surface area contributed by atoms with Gasteiger partial charge in [0.25, 0.3) is 0 Å². The summed E-state index contributed by atoms with van der Waals surface area (Å²) in [7, 11) is 1.81. The summed E-state index contributed by atoms with van der Waals surface area (Å²) >= 11 is 12.5. The molecule has 1 saturated heterocycles. The third kappa shape index (κ3) is 6.06. The first-order valence-corrected chi connectivity index (χ1v) is 13.8. The molecule has 2 aliphatic rings. The molecular formula is C30H30Cl2FN3O3. The minimum absolute atomic E-state index is 0.00223. The fraction of sp³-hybridized carbons (Fsp3) is 0.333. The molecule has 0 saturated carbocycles. The predicted molar refractivity (Wildman–Crippen MR) is 151 cm³/mol. The van der Waals surface area contributed by atoms with Gasteiger partial charge in [0.05, 0.1) is 21.7 Å². The van der Waals surface area contributed by atoms with Crippen molar-refractivity contribution < 1.29 is 18.7 Å².